The van der Waals surface area contributed by atoms with Crippen molar-refractivity contribution < 1.29 is 4.74 Å². The molecule has 7 heteroatoms. The summed E-state index contributed by atoms with van der Waals surface area (Å²) >= 11 is 1.36. The lowest BCUT2D eigenvalue weighted by atomic mass is 10.2. The van der Waals surface area contributed by atoms with Gasteiger partial charge in [0.2, 0.25) is 0 Å². The van der Waals surface area contributed by atoms with Crippen LogP contribution in [0.25, 0.3) is 0 Å². The van der Waals surface area contributed by atoms with Crippen LogP contribution in [0, 0.1) is 11.3 Å². The van der Waals surface area contributed by atoms with Gasteiger partial charge in [-0.15, -0.1) is 0 Å². The van der Waals surface area contributed by atoms with Gasteiger partial charge in [0.05, 0.1) is 19.1 Å². The SMILES string of the molecule is N#CCc1ccc(OCCSc2nc(N)cc(=O)[nH]2)cc1. The van der Waals surface area contributed by atoms with E-state index in [9.17, 15) is 4.79 Å². The Morgan fingerprint density at radius 1 is 1.38 bits per heavy atom. The lowest BCUT2D eigenvalue weighted by Crippen LogP contribution is -2.10. The highest BCUT2D eigenvalue weighted by molar-refractivity contribution is 7.99. The number of aromatic nitrogens is 2. The molecule has 2 rings (SSSR count). The summed E-state index contributed by atoms with van der Waals surface area (Å²) < 4.78 is 5.57. The molecule has 0 aliphatic carbocycles. The summed E-state index contributed by atoms with van der Waals surface area (Å²) in [7, 11) is 0. The van der Waals surface area contributed by atoms with Crippen molar-refractivity contribution in [3.63, 3.8) is 0 Å². The number of thioether (sulfide) groups is 1. The molecule has 0 aliphatic heterocycles. The Bertz CT molecular complexity index is 691. The Morgan fingerprint density at radius 3 is 2.81 bits per heavy atom. The van der Waals surface area contributed by atoms with Gasteiger partial charge in [-0.3, -0.25) is 4.79 Å². The monoisotopic (exact) mass is 302 g/mol. The lowest BCUT2D eigenvalue weighted by Gasteiger charge is -2.06. The molecule has 1 aromatic carbocycles. The zero-order valence-corrected chi connectivity index (χ0v) is 12.0. The smallest absolute Gasteiger partial charge is 0.253 e. The summed E-state index contributed by atoms with van der Waals surface area (Å²) in [6.07, 6.45) is 0.393. The van der Waals surface area contributed by atoms with Crippen molar-refractivity contribution in [1.82, 2.24) is 9.97 Å². The molecule has 0 unspecified atom stereocenters. The van der Waals surface area contributed by atoms with E-state index in [1.807, 2.05) is 24.3 Å². The number of benzene rings is 1. The minimum absolute atomic E-state index is 0.204. The summed E-state index contributed by atoms with van der Waals surface area (Å²) in [5.41, 5.74) is 6.19. The van der Waals surface area contributed by atoms with Crippen molar-refractivity contribution in [3.05, 3.63) is 46.2 Å². The summed E-state index contributed by atoms with van der Waals surface area (Å²) in [5.74, 6) is 1.58. The number of nitrogen functional groups attached to an aromatic ring is 1. The second kappa shape index (κ2) is 7.36. The standard InChI is InChI=1S/C14H14N4O2S/c15-6-5-10-1-3-11(4-2-10)20-7-8-21-14-17-12(16)9-13(19)18-14/h1-4,9H,5,7-8H2,(H3,16,17,18,19). The van der Waals surface area contributed by atoms with E-state index in [2.05, 4.69) is 16.0 Å². The van der Waals surface area contributed by atoms with Crippen molar-refractivity contribution in [2.45, 2.75) is 11.6 Å². The molecule has 21 heavy (non-hydrogen) atoms. The summed E-state index contributed by atoms with van der Waals surface area (Å²) in [5, 5.41) is 9.07. The Kier molecular flexibility index (Phi) is 5.23. The maximum absolute atomic E-state index is 11.2. The fraction of sp³-hybridized carbons (Fsp3) is 0.214. The Hall–Kier alpha value is -2.46. The van der Waals surface area contributed by atoms with Crippen molar-refractivity contribution in [2.75, 3.05) is 18.1 Å². The van der Waals surface area contributed by atoms with Crippen LogP contribution in [0.15, 0.2) is 40.3 Å². The molecule has 1 heterocycles. The van der Waals surface area contributed by atoms with E-state index in [0.29, 0.717) is 23.9 Å². The Labute approximate surface area is 126 Å². The average Bonchev–Trinajstić information content (AvgIpc) is 2.45. The van der Waals surface area contributed by atoms with E-state index < -0.39 is 0 Å². The van der Waals surface area contributed by atoms with Gasteiger partial charge in [0.1, 0.15) is 11.6 Å². The second-order valence-electron chi connectivity index (χ2n) is 4.15. The molecule has 1 aromatic heterocycles. The lowest BCUT2D eigenvalue weighted by molar-refractivity contribution is 0.344. The van der Waals surface area contributed by atoms with Gasteiger partial charge in [0.25, 0.3) is 5.56 Å². The molecular formula is C14H14N4O2S. The molecule has 0 saturated heterocycles. The highest BCUT2D eigenvalue weighted by atomic mass is 32.2. The number of hydrogen-bond acceptors (Lipinski definition) is 6. The molecule has 0 bridgehead atoms. The van der Waals surface area contributed by atoms with Gasteiger partial charge in [0.15, 0.2) is 5.16 Å². The predicted molar refractivity (Wildman–Crippen MR) is 81.2 cm³/mol. The highest BCUT2D eigenvalue weighted by Gasteiger charge is 2.00. The minimum Gasteiger partial charge on any atom is -0.493 e. The van der Waals surface area contributed by atoms with Gasteiger partial charge < -0.3 is 15.5 Å². The molecule has 0 aliphatic rings. The van der Waals surface area contributed by atoms with Gasteiger partial charge >= 0.3 is 0 Å². The maximum Gasteiger partial charge on any atom is 0.253 e. The number of H-pyrrole nitrogens is 1. The zero-order chi connectivity index (χ0) is 15.1. The molecule has 0 spiro atoms. The average molecular weight is 302 g/mol. The molecule has 0 saturated carbocycles. The van der Waals surface area contributed by atoms with Crippen molar-refractivity contribution in [1.29, 1.82) is 5.26 Å². The molecule has 0 amide bonds. The number of aromatic amines is 1. The number of anilines is 1. The van der Waals surface area contributed by atoms with Crippen LogP contribution in [0.2, 0.25) is 0 Å². The first-order valence-corrected chi connectivity index (χ1v) is 7.24. The number of nitriles is 1. The van der Waals surface area contributed by atoms with Crippen LogP contribution in [0.3, 0.4) is 0 Å². The van der Waals surface area contributed by atoms with Crippen molar-refractivity contribution in [3.8, 4) is 11.8 Å². The van der Waals surface area contributed by atoms with Gasteiger partial charge in [-0.1, -0.05) is 23.9 Å². The molecule has 0 radical (unpaired) electrons. The zero-order valence-electron chi connectivity index (χ0n) is 11.2. The second-order valence-corrected chi connectivity index (χ2v) is 5.23. The molecular weight excluding hydrogens is 288 g/mol. The number of ether oxygens (including phenoxy) is 1. The number of nitrogens with one attached hydrogen (secondary N) is 1. The number of nitrogens with zero attached hydrogens (tertiary/aromatic N) is 2. The number of nitrogens with two attached hydrogens (primary N) is 1. The minimum atomic E-state index is -0.265. The fourth-order valence-corrected chi connectivity index (χ4v) is 2.32. The summed E-state index contributed by atoms with van der Waals surface area (Å²) in [6, 6.07) is 10.7. The van der Waals surface area contributed by atoms with Crippen LogP contribution in [-0.4, -0.2) is 22.3 Å². The molecule has 6 nitrogen and oxygen atoms in total. The third-order valence-electron chi connectivity index (χ3n) is 2.54. The Morgan fingerprint density at radius 2 is 2.14 bits per heavy atom. The van der Waals surface area contributed by atoms with E-state index in [4.69, 9.17) is 15.7 Å². The Balaban J connectivity index is 1.79. The van der Waals surface area contributed by atoms with Gasteiger partial charge in [0, 0.05) is 11.8 Å². The van der Waals surface area contributed by atoms with Crippen LogP contribution >= 0.6 is 11.8 Å². The van der Waals surface area contributed by atoms with E-state index >= 15 is 0 Å². The molecule has 0 fully saturated rings. The summed E-state index contributed by atoms with van der Waals surface area (Å²) in [6.45, 7) is 0.473. The van der Waals surface area contributed by atoms with Gasteiger partial charge in [-0.25, -0.2) is 4.98 Å². The molecule has 3 N–H and O–H groups in total. The van der Waals surface area contributed by atoms with Crippen LogP contribution in [0.5, 0.6) is 5.75 Å². The highest BCUT2D eigenvalue weighted by Crippen LogP contribution is 2.15. The topological polar surface area (TPSA) is 105 Å². The van der Waals surface area contributed by atoms with Gasteiger partial charge in [-0.05, 0) is 17.7 Å². The number of hydrogen-bond donors (Lipinski definition) is 2. The van der Waals surface area contributed by atoms with E-state index in [-0.39, 0.29) is 11.4 Å². The first kappa shape index (κ1) is 14.9. The normalized spacial score (nSPS) is 10.0. The van der Waals surface area contributed by atoms with E-state index in [1.54, 1.807) is 0 Å². The quantitative estimate of drug-likeness (QED) is 0.477. The summed E-state index contributed by atoms with van der Waals surface area (Å²) in [4.78, 5) is 17.8. The van der Waals surface area contributed by atoms with Gasteiger partial charge in [-0.2, -0.15) is 5.26 Å². The maximum atomic E-state index is 11.2. The molecule has 0 atom stereocenters. The van der Waals surface area contributed by atoms with E-state index in [0.717, 1.165) is 11.3 Å². The van der Waals surface area contributed by atoms with Crippen molar-refractivity contribution in [2.24, 2.45) is 0 Å². The van der Waals surface area contributed by atoms with Crippen LogP contribution in [-0.2, 0) is 6.42 Å². The third kappa shape index (κ3) is 4.85. The van der Waals surface area contributed by atoms with Crippen LogP contribution in [0.1, 0.15) is 5.56 Å². The largest absolute Gasteiger partial charge is 0.493 e. The predicted octanol–water partition coefficient (Wildman–Crippen LogP) is 1.59. The third-order valence-corrected chi connectivity index (χ3v) is 3.37. The molecule has 108 valence electrons. The van der Waals surface area contributed by atoms with Crippen LogP contribution in [0.4, 0.5) is 5.82 Å². The fourth-order valence-electron chi connectivity index (χ4n) is 1.61. The molecule has 2 aromatic rings. The first-order chi connectivity index (χ1) is 10.2. The van der Waals surface area contributed by atoms with E-state index in [1.165, 1.54) is 17.8 Å². The van der Waals surface area contributed by atoms with Crippen molar-refractivity contribution >= 4 is 17.6 Å². The van der Waals surface area contributed by atoms with Crippen LogP contribution < -0.4 is 16.0 Å². The first-order valence-electron chi connectivity index (χ1n) is 6.26. The number of rotatable bonds is 6.